The van der Waals surface area contributed by atoms with E-state index >= 15 is 0 Å². The molecule has 1 unspecified atom stereocenters. The number of nitrogens with two attached hydrogens (primary N) is 1. The molecule has 1 aliphatic rings. The molecular weight excluding hydrogens is 292 g/mol. The molecule has 1 aromatic rings. The van der Waals surface area contributed by atoms with Crippen molar-refractivity contribution in [2.24, 2.45) is 5.41 Å². The van der Waals surface area contributed by atoms with Crippen molar-refractivity contribution in [1.82, 2.24) is 0 Å². The highest BCUT2D eigenvalue weighted by molar-refractivity contribution is 6.34. The van der Waals surface area contributed by atoms with Crippen LogP contribution in [-0.4, -0.2) is 31.8 Å². The van der Waals surface area contributed by atoms with Gasteiger partial charge in [-0.05, 0) is 19.1 Å². The van der Waals surface area contributed by atoms with Crippen LogP contribution in [0.5, 0.6) is 0 Å². The minimum Gasteiger partial charge on any atom is -0.462 e. The predicted octanol–water partition coefficient (Wildman–Crippen LogP) is 2.94. The van der Waals surface area contributed by atoms with Gasteiger partial charge in [0.2, 0.25) is 0 Å². The van der Waals surface area contributed by atoms with E-state index in [0.717, 1.165) is 0 Å². The molecule has 5 nitrogen and oxygen atoms in total. The lowest BCUT2D eigenvalue weighted by Gasteiger charge is -2.27. The first-order valence-electron chi connectivity index (χ1n) is 6.95. The van der Waals surface area contributed by atoms with Gasteiger partial charge in [0.25, 0.3) is 0 Å². The van der Waals surface area contributed by atoms with E-state index in [1.807, 2.05) is 0 Å². The van der Waals surface area contributed by atoms with E-state index in [2.05, 4.69) is 19.2 Å². The van der Waals surface area contributed by atoms with Gasteiger partial charge in [-0.25, -0.2) is 4.79 Å². The first kappa shape index (κ1) is 15.9. The molecule has 1 aromatic carbocycles. The first-order chi connectivity index (χ1) is 9.85. The molecule has 1 aliphatic heterocycles. The van der Waals surface area contributed by atoms with Gasteiger partial charge in [0, 0.05) is 5.41 Å². The highest BCUT2D eigenvalue weighted by Gasteiger charge is 2.36. The number of carbonyl (C=O) groups excluding carboxylic acids is 1. The third-order valence-corrected chi connectivity index (χ3v) is 3.98. The Hall–Kier alpha value is -1.46. The fourth-order valence-corrected chi connectivity index (χ4v) is 2.52. The third-order valence-electron chi connectivity index (χ3n) is 3.67. The Morgan fingerprint density at radius 1 is 1.57 bits per heavy atom. The smallest absolute Gasteiger partial charge is 0.339 e. The van der Waals surface area contributed by atoms with E-state index in [0.29, 0.717) is 41.8 Å². The van der Waals surface area contributed by atoms with Gasteiger partial charge in [0.05, 0.1) is 47.8 Å². The van der Waals surface area contributed by atoms with Crippen molar-refractivity contribution in [1.29, 1.82) is 0 Å². The fourth-order valence-electron chi connectivity index (χ4n) is 2.27. The van der Waals surface area contributed by atoms with Crippen molar-refractivity contribution >= 4 is 28.9 Å². The molecule has 0 radical (unpaired) electrons. The number of carbonyl (C=O) groups is 1. The number of hydrogen-bond donors (Lipinski definition) is 2. The zero-order chi connectivity index (χ0) is 15.6. The average molecular weight is 313 g/mol. The molecular formula is C15H21ClN2O3. The number of rotatable bonds is 4. The molecule has 1 fully saturated rings. The number of halogens is 1. The van der Waals surface area contributed by atoms with Crippen molar-refractivity contribution in [3.63, 3.8) is 0 Å². The molecule has 0 spiro atoms. The number of nitrogens with one attached hydrogen (secondary N) is 1. The van der Waals surface area contributed by atoms with E-state index < -0.39 is 5.97 Å². The standard InChI is InChI=1S/C15H21ClN2O3/c1-4-21-14(19)9-5-12(11(17)6-10(9)16)18-13-7-20-8-15(13,2)3/h5-6,13,18H,4,7-8,17H2,1-3H3. The number of esters is 1. The van der Waals surface area contributed by atoms with Crippen LogP contribution >= 0.6 is 11.6 Å². The van der Waals surface area contributed by atoms with Crippen molar-refractivity contribution < 1.29 is 14.3 Å². The molecule has 1 atom stereocenters. The van der Waals surface area contributed by atoms with Crippen LogP contribution in [0, 0.1) is 5.41 Å². The van der Waals surface area contributed by atoms with Gasteiger partial charge in [-0.2, -0.15) is 0 Å². The van der Waals surface area contributed by atoms with Gasteiger partial charge >= 0.3 is 5.97 Å². The van der Waals surface area contributed by atoms with Crippen LogP contribution in [0.3, 0.4) is 0 Å². The van der Waals surface area contributed by atoms with E-state index in [9.17, 15) is 4.79 Å². The van der Waals surface area contributed by atoms with Crippen molar-refractivity contribution in [2.45, 2.75) is 26.8 Å². The lowest BCUT2D eigenvalue weighted by atomic mass is 9.87. The molecule has 0 amide bonds. The third kappa shape index (κ3) is 3.41. The Morgan fingerprint density at radius 2 is 2.29 bits per heavy atom. The minimum atomic E-state index is -0.451. The van der Waals surface area contributed by atoms with Crippen LogP contribution in [0.2, 0.25) is 5.02 Å². The molecule has 1 saturated heterocycles. The molecule has 6 heteroatoms. The van der Waals surface area contributed by atoms with Gasteiger partial charge in [-0.15, -0.1) is 0 Å². The molecule has 1 heterocycles. The van der Waals surface area contributed by atoms with Crippen LogP contribution < -0.4 is 11.1 Å². The van der Waals surface area contributed by atoms with E-state index in [1.54, 1.807) is 19.1 Å². The lowest BCUT2D eigenvalue weighted by molar-refractivity contribution is 0.0526. The Balaban J connectivity index is 2.27. The minimum absolute atomic E-state index is 0.00380. The normalized spacial score (nSPS) is 20.3. The maximum atomic E-state index is 11.9. The summed E-state index contributed by atoms with van der Waals surface area (Å²) in [5.41, 5.74) is 7.47. The molecule has 0 aliphatic carbocycles. The maximum absolute atomic E-state index is 11.9. The number of nitrogen functional groups attached to an aromatic ring is 1. The number of ether oxygens (including phenoxy) is 2. The maximum Gasteiger partial charge on any atom is 0.339 e. The topological polar surface area (TPSA) is 73.6 Å². The molecule has 116 valence electrons. The Kier molecular flexibility index (Phi) is 4.64. The van der Waals surface area contributed by atoms with Crippen LogP contribution in [0.1, 0.15) is 31.1 Å². The summed E-state index contributed by atoms with van der Waals surface area (Å²) in [4.78, 5) is 11.9. The van der Waals surface area contributed by atoms with Crippen LogP contribution in [0.25, 0.3) is 0 Å². The summed E-state index contributed by atoms with van der Waals surface area (Å²) in [5.74, 6) is -0.451. The SMILES string of the molecule is CCOC(=O)c1cc(NC2COCC2(C)C)c(N)cc1Cl. The summed E-state index contributed by atoms with van der Waals surface area (Å²) in [6.45, 7) is 7.57. The Bertz CT molecular complexity index is 546. The summed E-state index contributed by atoms with van der Waals surface area (Å²) in [6, 6.07) is 3.33. The van der Waals surface area contributed by atoms with Gasteiger partial charge in [0.15, 0.2) is 0 Å². The van der Waals surface area contributed by atoms with Gasteiger partial charge < -0.3 is 20.5 Å². The number of anilines is 2. The zero-order valence-electron chi connectivity index (χ0n) is 12.5. The number of benzene rings is 1. The molecule has 3 N–H and O–H groups in total. The second-order valence-electron chi connectivity index (χ2n) is 5.84. The van der Waals surface area contributed by atoms with Crippen molar-refractivity contribution in [2.75, 3.05) is 30.9 Å². The quantitative estimate of drug-likeness (QED) is 0.660. The summed E-state index contributed by atoms with van der Waals surface area (Å²) in [5, 5.41) is 3.64. The molecule has 0 saturated carbocycles. The average Bonchev–Trinajstić information content (AvgIpc) is 2.72. The van der Waals surface area contributed by atoms with E-state index in [1.165, 1.54) is 0 Å². The fraction of sp³-hybridized carbons (Fsp3) is 0.533. The summed E-state index contributed by atoms with van der Waals surface area (Å²) >= 11 is 6.07. The molecule has 21 heavy (non-hydrogen) atoms. The lowest BCUT2D eigenvalue weighted by Crippen LogP contribution is -2.34. The molecule has 0 bridgehead atoms. The van der Waals surface area contributed by atoms with Crippen LogP contribution in [0.4, 0.5) is 11.4 Å². The second kappa shape index (κ2) is 6.12. The van der Waals surface area contributed by atoms with Gasteiger partial charge in [-0.3, -0.25) is 0 Å². The molecule has 0 aromatic heterocycles. The largest absolute Gasteiger partial charge is 0.462 e. The number of hydrogen-bond acceptors (Lipinski definition) is 5. The summed E-state index contributed by atoms with van der Waals surface area (Å²) < 4.78 is 10.5. The first-order valence-corrected chi connectivity index (χ1v) is 7.33. The van der Waals surface area contributed by atoms with Crippen LogP contribution in [0.15, 0.2) is 12.1 Å². The highest BCUT2D eigenvalue weighted by Crippen LogP contribution is 2.34. The highest BCUT2D eigenvalue weighted by atomic mass is 35.5. The van der Waals surface area contributed by atoms with Crippen molar-refractivity contribution in [3.05, 3.63) is 22.7 Å². The van der Waals surface area contributed by atoms with Crippen molar-refractivity contribution in [3.8, 4) is 0 Å². The zero-order valence-corrected chi connectivity index (χ0v) is 13.3. The monoisotopic (exact) mass is 312 g/mol. The van der Waals surface area contributed by atoms with E-state index in [-0.39, 0.29) is 11.5 Å². The summed E-state index contributed by atoms with van der Waals surface area (Å²) in [7, 11) is 0. The Labute approximate surface area is 129 Å². The summed E-state index contributed by atoms with van der Waals surface area (Å²) in [6.07, 6.45) is 0. The van der Waals surface area contributed by atoms with Gasteiger partial charge in [0.1, 0.15) is 0 Å². The van der Waals surface area contributed by atoms with Crippen LogP contribution in [-0.2, 0) is 9.47 Å². The molecule has 2 rings (SSSR count). The predicted molar refractivity (Wildman–Crippen MR) is 83.8 cm³/mol. The Morgan fingerprint density at radius 3 is 2.86 bits per heavy atom. The van der Waals surface area contributed by atoms with Gasteiger partial charge in [-0.1, -0.05) is 25.4 Å². The second-order valence-corrected chi connectivity index (χ2v) is 6.25. The van der Waals surface area contributed by atoms with E-state index in [4.69, 9.17) is 26.8 Å².